The molecule has 0 aliphatic carbocycles. The molecule has 0 aliphatic heterocycles. The van der Waals surface area contributed by atoms with E-state index in [0.29, 0.717) is 21.9 Å². The molecule has 0 saturated carbocycles. The van der Waals surface area contributed by atoms with Crippen molar-refractivity contribution in [1.82, 2.24) is 4.98 Å². The Morgan fingerprint density at radius 3 is 2.65 bits per heavy atom. The van der Waals surface area contributed by atoms with Crippen molar-refractivity contribution in [3.8, 4) is 0 Å². The molecular weight excluding hydrogens is 362 g/mol. The van der Waals surface area contributed by atoms with E-state index in [1.54, 1.807) is 12.1 Å². The first-order valence-electron chi connectivity index (χ1n) is 5.81. The highest BCUT2D eigenvalue weighted by Gasteiger charge is 2.14. The highest BCUT2D eigenvalue weighted by molar-refractivity contribution is 9.10. The van der Waals surface area contributed by atoms with Gasteiger partial charge in [-0.1, -0.05) is 29.8 Å². The van der Waals surface area contributed by atoms with Gasteiger partial charge < -0.3 is 4.42 Å². The number of hydrogen-bond acceptors (Lipinski definition) is 3. The van der Waals surface area contributed by atoms with Gasteiger partial charge in [-0.3, -0.25) is 0 Å². The van der Waals surface area contributed by atoms with E-state index < -0.39 is 10.8 Å². The number of nitrogens with zero attached hydrogens (tertiary/aromatic N) is 1. The van der Waals surface area contributed by atoms with Gasteiger partial charge in [-0.15, -0.1) is 0 Å². The lowest BCUT2D eigenvalue weighted by atomic mass is 10.2. The van der Waals surface area contributed by atoms with Crippen LogP contribution in [-0.2, 0) is 16.6 Å². The van der Waals surface area contributed by atoms with E-state index in [-0.39, 0.29) is 5.22 Å². The predicted octanol–water partition coefficient (Wildman–Crippen LogP) is 4.55. The van der Waals surface area contributed by atoms with Crippen LogP contribution in [0.25, 0.3) is 11.1 Å². The maximum atomic E-state index is 12.3. The van der Waals surface area contributed by atoms with Crippen LogP contribution in [0.3, 0.4) is 0 Å². The second-order valence-electron chi connectivity index (χ2n) is 4.18. The van der Waals surface area contributed by atoms with Crippen molar-refractivity contribution in [2.24, 2.45) is 0 Å². The van der Waals surface area contributed by atoms with Gasteiger partial charge in [0.15, 0.2) is 5.58 Å². The summed E-state index contributed by atoms with van der Waals surface area (Å²) in [7, 11) is -1.32. The van der Waals surface area contributed by atoms with E-state index in [0.717, 1.165) is 10.0 Å². The Balaban J connectivity index is 1.89. The van der Waals surface area contributed by atoms with E-state index in [4.69, 9.17) is 16.0 Å². The first kappa shape index (κ1) is 13.8. The molecule has 0 fully saturated rings. The number of para-hydroxylation sites is 1. The van der Waals surface area contributed by atoms with E-state index in [1.807, 2.05) is 30.3 Å². The molecular formula is C14H9BrClNO2S. The summed E-state index contributed by atoms with van der Waals surface area (Å²) in [5, 5.41) is 0.896. The van der Waals surface area contributed by atoms with Crippen LogP contribution in [0, 0.1) is 0 Å². The third-order valence-electron chi connectivity index (χ3n) is 2.75. The summed E-state index contributed by atoms with van der Waals surface area (Å²) in [4.78, 5) is 4.26. The molecule has 1 heterocycles. The van der Waals surface area contributed by atoms with Crippen LogP contribution >= 0.6 is 27.5 Å². The van der Waals surface area contributed by atoms with E-state index >= 15 is 0 Å². The first-order valence-corrected chi connectivity index (χ1v) is 8.30. The minimum atomic E-state index is -1.32. The van der Waals surface area contributed by atoms with Crippen LogP contribution in [0.5, 0.6) is 0 Å². The predicted molar refractivity (Wildman–Crippen MR) is 83.3 cm³/mol. The van der Waals surface area contributed by atoms with Gasteiger partial charge in [-0.05, 0) is 45.8 Å². The number of fused-ring (bicyclic) bond motifs is 1. The Kier molecular flexibility index (Phi) is 3.92. The van der Waals surface area contributed by atoms with E-state index in [9.17, 15) is 4.21 Å². The molecule has 3 nitrogen and oxygen atoms in total. The zero-order valence-corrected chi connectivity index (χ0v) is 13.3. The summed E-state index contributed by atoms with van der Waals surface area (Å²) in [6.45, 7) is 0. The number of aromatic nitrogens is 1. The summed E-state index contributed by atoms with van der Waals surface area (Å²) in [6, 6.07) is 12.8. The second kappa shape index (κ2) is 5.68. The van der Waals surface area contributed by atoms with Gasteiger partial charge in [0, 0.05) is 5.02 Å². The number of oxazole rings is 1. The lowest BCUT2D eigenvalue weighted by molar-refractivity contribution is 0.476. The van der Waals surface area contributed by atoms with Crippen LogP contribution < -0.4 is 0 Å². The van der Waals surface area contributed by atoms with E-state index in [1.165, 1.54) is 0 Å². The average Bonchev–Trinajstić information content (AvgIpc) is 2.87. The fraction of sp³-hybridized carbons (Fsp3) is 0.0714. The van der Waals surface area contributed by atoms with Gasteiger partial charge in [0.2, 0.25) is 0 Å². The summed E-state index contributed by atoms with van der Waals surface area (Å²) >= 11 is 9.21. The molecule has 102 valence electrons. The lowest BCUT2D eigenvalue weighted by Crippen LogP contribution is -1.96. The van der Waals surface area contributed by atoms with Gasteiger partial charge in [-0.25, -0.2) is 9.19 Å². The summed E-state index contributed by atoms with van der Waals surface area (Å²) < 4.78 is 18.7. The van der Waals surface area contributed by atoms with Crippen molar-refractivity contribution >= 4 is 49.4 Å². The normalized spacial score (nSPS) is 12.7. The first-order chi connectivity index (χ1) is 9.63. The molecule has 0 spiro atoms. The molecule has 20 heavy (non-hydrogen) atoms. The number of hydrogen-bond donors (Lipinski definition) is 0. The molecule has 6 heteroatoms. The number of rotatable bonds is 3. The van der Waals surface area contributed by atoms with Gasteiger partial charge in [0.25, 0.3) is 5.22 Å². The Morgan fingerprint density at radius 1 is 1.20 bits per heavy atom. The Labute approximate surface area is 131 Å². The van der Waals surface area contributed by atoms with Gasteiger partial charge in [-0.2, -0.15) is 0 Å². The van der Waals surface area contributed by atoms with Crippen LogP contribution in [0.1, 0.15) is 5.56 Å². The summed E-state index contributed by atoms with van der Waals surface area (Å²) in [5.41, 5.74) is 2.24. The Morgan fingerprint density at radius 2 is 1.95 bits per heavy atom. The third-order valence-corrected chi connectivity index (χ3v) is 4.79. The zero-order chi connectivity index (χ0) is 14.1. The molecule has 0 aliphatic rings. The maximum Gasteiger partial charge on any atom is 0.288 e. The van der Waals surface area contributed by atoms with Crippen molar-refractivity contribution in [1.29, 1.82) is 0 Å². The molecule has 0 radical (unpaired) electrons. The van der Waals surface area contributed by atoms with Crippen molar-refractivity contribution < 1.29 is 8.63 Å². The number of halogens is 2. The molecule has 0 amide bonds. The largest absolute Gasteiger partial charge is 0.428 e. The quantitative estimate of drug-likeness (QED) is 0.679. The van der Waals surface area contributed by atoms with E-state index in [2.05, 4.69) is 20.9 Å². The molecule has 0 N–H and O–H groups in total. The SMILES string of the molecule is O=S(Cc1ccc(Cl)cc1)c1nc2cccc(Br)c2o1. The van der Waals surface area contributed by atoms with Crippen molar-refractivity contribution in [2.45, 2.75) is 11.0 Å². The highest BCUT2D eigenvalue weighted by atomic mass is 79.9. The molecule has 1 atom stereocenters. The van der Waals surface area contributed by atoms with Crippen LogP contribution in [0.2, 0.25) is 5.02 Å². The fourth-order valence-electron chi connectivity index (χ4n) is 1.79. The average molecular weight is 371 g/mol. The summed E-state index contributed by atoms with van der Waals surface area (Å²) in [5.74, 6) is 0.349. The maximum absolute atomic E-state index is 12.3. The lowest BCUT2D eigenvalue weighted by Gasteiger charge is -1.98. The molecule has 2 aromatic carbocycles. The number of benzene rings is 2. The third kappa shape index (κ3) is 2.80. The minimum Gasteiger partial charge on any atom is -0.428 e. The van der Waals surface area contributed by atoms with Crippen molar-refractivity contribution in [3.63, 3.8) is 0 Å². The highest BCUT2D eigenvalue weighted by Crippen LogP contribution is 2.26. The minimum absolute atomic E-state index is 0.238. The topological polar surface area (TPSA) is 43.1 Å². The van der Waals surface area contributed by atoms with Crippen LogP contribution in [0.15, 0.2) is 56.6 Å². The molecule has 0 bridgehead atoms. The van der Waals surface area contributed by atoms with Gasteiger partial charge in [0.1, 0.15) is 16.3 Å². The zero-order valence-electron chi connectivity index (χ0n) is 10.2. The van der Waals surface area contributed by atoms with Crippen LogP contribution in [0.4, 0.5) is 0 Å². The molecule has 1 unspecified atom stereocenters. The monoisotopic (exact) mass is 369 g/mol. The standard InChI is InChI=1S/C14H9BrClNO2S/c15-11-2-1-3-12-13(11)19-14(17-12)20(18)8-9-4-6-10(16)7-5-9/h1-7H,8H2. The second-order valence-corrected chi connectivity index (χ2v) is 6.80. The van der Waals surface area contributed by atoms with Crippen molar-refractivity contribution in [3.05, 3.63) is 57.5 Å². The molecule has 3 aromatic rings. The Bertz CT molecular complexity index is 785. The van der Waals surface area contributed by atoms with Crippen LogP contribution in [-0.4, -0.2) is 9.19 Å². The molecule has 3 rings (SSSR count). The van der Waals surface area contributed by atoms with Crippen molar-refractivity contribution in [2.75, 3.05) is 0 Å². The van der Waals surface area contributed by atoms with Gasteiger partial charge in [0.05, 0.1) is 10.2 Å². The molecule has 0 saturated heterocycles. The summed E-state index contributed by atoms with van der Waals surface area (Å²) in [6.07, 6.45) is 0. The Hall–Kier alpha value is -1.17. The fourth-order valence-corrected chi connectivity index (χ4v) is 3.34. The van der Waals surface area contributed by atoms with Gasteiger partial charge >= 0.3 is 0 Å². The smallest absolute Gasteiger partial charge is 0.288 e. The molecule has 1 aromatic heterocycles.